The van der Waals surface area contributed by atoms with Gasteiger partial charge in [0, 0.05) is 39.3 Å². The van der Waals surface area contributed by atoms with Gasteiger partial charge in [0.15, 0.2) is 5.56 Å². The lowest BCUT2D eigenvalue weighted by Gasteiger charge is -2.38. The fourth-order valence-corrected chi connectivity index (χ4v) is 3.81. The van der Waals surface area contributed by atoms with Crippen molar-refractivity contribution in [3.8, 4) is 11.8 Å². The molecule has 1 aromatic carbocycles. The van der Waals surface area contributed by atoms with Crippen LogP contribution in [0, 0.1) is 11.3 Å². The second-order valence-corrected chi connectivity index (χ2v) is 7.24. The highest BCUT2D eigenvalue weighted by molar-refractivity contribution is 5.52. The van der Waals surface area contributed by atoms with Gasteiger partial charge < -0.3 is 14.8 Å². The monoisotopic (exact) mass is 398 g/mol. The van der Waals surface area contributed by atoms with Crippen molar-refractivity contribution in [1.29, 1.82) is 5.26 Å². The van der Waals surface area contributed by atoms with E-state index < -0.39 is 11.2 Å². The number of nitrogens with one attached hydrogen (secondary N) is 1. The largest absolute Gasteiger partial charge is 0.494 e. The third-order valence-electron chi connectivity index (χ3n) is 5.60. The zero-order valence-electron chi connectivity index (χ0n) is 17.0. The summed E-state index contributed by atoms with van der Waals surface area (Å²) in [6, 6.07) is 9.93. The fraction of sp³-hybridized carbons (Fsp3) is 0.476. The Morgan fingerprint density at radius 1 is 1.17 bits per heavy atom. The average molecular weight is 398 g/mol. The minimum Gasteiger partial charge on any atom is -0.494 e. The van der Waals surface area contributed by atoms with Crippen molar-refractivity contribution in [2.45, 2.75) is 25.2 Å². The van der Waals surface area contributed by atoms with Crippen molar-refractivity contribution in [2.24, 2.45) is 14.1 Å². The summed E-state index contributed by atoms with van der Waals surface area (Å²) in [4.78, 5) is 24.7. The van der Waals surface area contributed by atoms with E-state index in [1.165, 1.54) is 11.6 Å². The van der Waals surface area contributed by atoms with Gasteiger partial charge in [-0.1, -0.05) is 12.1 Å². The first-order valence-electron chi connectivity index (χ1n) is 9.68. The summed E-state index contributed by atoms with van der Waals surface area (Å²) in [5, 5.41) is 12.7. The molecule has 1 aliphatic rings. The van der Waals surface area contributed by atoms with E-state index in [0.29, 0.717) is 26.4 Å². The molecule has 0 unspecified atom stereocenters. The highest BCUT2D eigenvalue weighted by Gasteiger charge is 2.35. The number of benzene rings is 1. The molecule has 0 spiro atoms. The Balaban J connectivity index is 1.96. The summed E-state index contributed by atoms with van der Waals surface area (Å²) in [6.07, 6.45) is 1.57. The minimum atomic E-state index is -0.597. The number of anilines is 1. The van der Waals surface area contributed by atoms with Crippen molar-refractivity contribution in [2.75, 3.05) is 31.7 Å². The number of rotatable bonds is 6. The normalized spacial score (nSPS) is 15.5. The molecule has 154 valence electrons. The van der Waals surface area contributed by atoms with Gasteiger partial charge in [0.2, 0.25) is 0 Å². The summed E-state index contributed by atoms with van der Waals surface area (Å²) in [6.45, 7) is 4.26. The van der Waals surface area contributed by atoms with E-state index in [0.717, 1.165) is 28.7 Å². The Morgan fingerprint density at radius 3 is 2.41 bits per heavy atom. The molecule has 0 atom stereocenters. The second kappa shape index (κ2) is 8.53. The summed E-state index contributed by atoms with van der Waals surface area (Å²) < 4.78 is 13.4. The SMILES string of the molecule is CCOc1ccc(C2(CNc3c(C#N)c(=O)n(C)c(=O)n3C)CCOCC2)cc1. The Kier molecular flexibility index (Phi) is 6.09. The molecule has 0 aliphatic carbocycles. The molecule has 1 saturated heterocycles. The number of aromatic nitrogens is 2. The van der Waals surface area contributed by atoms with Crippen LogP contribution < -0.4 is 21.3 Å². The van der Waals surface area contributed by atoms with Crippen LogP contribution in [0.3, 0.4) is 0 Å². The number of hydrogen-bond donors (Lipinski definition) is 1. The molecule has 1 fully saturated rings. The third-order valence-corrected chi connectivity index (χ3v) is 5.60. The zero-order valence-corrected chi connectivity index (χ0v) is 17.0. The quantitative estimate of drug-likeness (QED) is 0.792. The maximum absolute atomic E-state index is 12.3. The molecule has 0 radical (unpaired) electrons. The number of nitrogens with zero attached hydrogens (tertiary/aromatic N) is 3. The fourth-order valence-electron chi connectivity index (χ4n) is 3.81. The first-order chi connectivity index (χ1) is 13.9. The summed E-state index contributed by atoms with van der Waals surface area (Å²) in [7, 11) is 2.92. The van der Waals surface area contributed by atoms with Crippen LogP contribution in [0.2, 0.25) is 0 Å². The Bertz CT molecular complexity index is 1020. The minimum absolute atomic E-state index is 0.0662. The Labute approximate surface area is 169 Å². The van der Waals surface area contributed by atoms with Crippen LogP contribution in [0.4, 0.5) is 5.82 Å². The standard InChI is InChI=1S/C21H26N4O4/c1-4-29-16-7-5-15(6-8-16)21(9-11-28-12-10-21)14-23-18-17(13-22)19(26)25(3)20(27)24(18)2/h5-8,23H,4,9-12,14H2,1-3H3. The molecular formula is C21H26N4O4. The van der Waals surface area contributed by atoms with Crippen LogP contribution in [-0.2, 0) is 24.2 Å². The van der Waals surface area contributed by atoms with Crippen molar-refractivity contribution >= 4 is 5.82 Å². The highest BCUT2D eigenvalue weighted by atomic mass is 16.5. The van der Waals surface area contributed by atoms with Crippen molar-refractivity contribution in [1.82, 2.24) is 9.13 Å². The van der Waals surface area contributed by atoms with Crippen LogP contribution in [0.5, 0.6) is 5.75 Å². The molecule has 1 aliphatic heterocycles. The smallest absolute Gasteiger partial charge is 0.332 e. The van der Waals surface area contributed by atoms with E-state index in [2.05, 4.69) is 5.32 Å². The molecule has 2 heterocycles. The average Bonchev–Trinajstić information content (AvgIpc) is 2.75. The topological polar surface area (TPSA) is 98.3 Å². The van der Waals surface area contributed by atoms with E-state index in [1.807, 2.05) is 37.3 Å². The summed E-state index contributed by atoms with van der Waals surface area (Å²) >= 11 is 0. The number of nitriles is 1. The van der Waals surface area contributed by atoms with Gasteiger partial charge in [-0.3, -0.25) is 13.9 Å². The molecule has 3 rings (SSSR count). The van der Waals surface area contributed by atoms with Gasteiger partial charge in [0.05, 0.1) is 6.61 Å². The van der Waals surface area contributed by atoms with Crippen LogP contribution in [-0.4, -0.2) is 35.5 Å². The van der Waals surface area contributed by atoms with Gasteiger partial charge in [0.1, 0.15) is 17.6 Å². The number of hydrogen-bond acceptors (Lipinski definition) is 6. The molecule has 8 nitrogen and oxygen atoms in total. The van der Waals surface area contributed by atoms with Gasteiger partial charge in [-0.15, -0.1) is 0 Å². The van der Waals surface area contributed by atoms with Crippen LogP contribution in [0.25, 0.3) is 0 Å². The summed E-state index contributed by atoms with van der Waals surface area (Å²) in [5.74, 6) is 1.06. The van der Waals surface area contributed by atoms with Crippen LogP contribution in [0.1, 0.15) is 30.9 Å². The molecule has 8 heteroatoms. The molecule has 0 bridgehead atoms. The third kappa shape index (κ3) is 3.91. The van der Waals surface area contributed by atoms with Crippen LogP contribution in [0.15, 0.2) is 33.9 Å². The van der Waals surface area contributed by atoms with Gasteiger partial charge in [0.25, 0.3) is 5.56 Å². The number of ether oxygens (including phenoxy) is 2. The molecule has 1 N–H and O–H groups in total. The predicted molar refractivity (Wildman–Crippen MR) is 109 cm³/mol. The molecule has 2 aromatic rings. The van der Waals surface area contributed by atoms with Gasteiger partial charge in [-0.25, -0.2) is 4.79 Å². The second-order valence-electron chi connectivity index (χ2n) is 7.24. The van der Waals surface area contributed by atoms with Gasteiger partial charge in [-0.05, 0) is 37.5 Å². The van der Waals surface area contributed by atoms with E-state index in [9.17, 15) is 14.9 Å². The lowest BCUT2D eigenvalue weighted by Crippen LogP contribution is -2.43. The van der Waals surface area contributed by atoms with Crippen molar-refractivity contribution in [3.05, 3.63) is 56.2 Å². The summed E-state index contributed by atoms with van der Waals surface area (Å²) in [5.41, 5.74) is -0.251. The maximum atomic E-state index is 12.3. The molecule has 1 aromatic heterocycles. The maximum Gasteiger partial charge on any atom is 0.332 e. The van der Waals surface area contributed by atoms with E-state index >= 15 is 0 Å². The molecule has 0 saturated carbocycles. The lowest BCUT2D eigenvalue weighted by atomic mass is 9.74. The molecule has 29 heavy (non-hydrogen) atoms. The molecular weight excluding hydrogens is 372 g/mol. The first kappa shape index (κ1) is 20.7. The van der Waals surface area contributed by atoms with Crippen molar-refractivity contribution < 1.29 is 9.47 Å². The van der Waals surface area contributed by atoms with Crippen molar-refractivity contribution in [3.63, 3.8) is 0 Å². The van der Waals surface area contributed by atoms with E-state index in [1.54, 1.807) is 7.05 Å². The molecule has 0 amide bonds. The first-order valence-corrected chi connectivity index (χ1v) is 9.68. The highest BCUT2D eigenvalue weighted by Crippen LogP contribution is 2.36. The lowest BCUT2D eigenvalue weighted by molar-refractivity contribution is 0.0543. The van der Waals surface area contributed by atoms with Crippen LogP contribution >= 0.6 is 0 Å². The Hall–Kier alpha value is -3.05. The Morgan fingerprint density at radius 2 is 1.83 bits per heavy atom. The predicted octanol–water partition coefficient (Wildman–Crippen LogP) is 1.51. The van der Waals surface area contributed by atoms with E-state index in [4.69, 9.17) is 9.47 Å². The zero-order chi connectivity index (χ0) is 21.0. The van der Waals surface area contributed by atoms with E-state index in [-0.39, 0.29) is 16.8 Å². The van der Waals surface area contributed by atoms with Gasteiger partial charge >= 0.3 is 5.69 Å². The van der Waals surface area contributed by atoms with Gasteiger partial charge in [-0.2, -0.15) is 5.26 Å².